The van der Waals surface area contributed by atoms with E-state index in [0.717, 1.165) is 23.8 Å². The Labute approximate surface area is 94.4 Å². The molecule has 2 heteroatoms. The van der Waals surface area contributed by atoms with Gasteiger partial charge in [-0.05, 0) is 43.7 Å². The lowest BCUT2D eigenvalue weighted by molar-refractivity contribution is 0.142. The fourth-order valence-electron chi connectivity index (χ4n) is 3.12. The molecule has 15 heavy (non-hydrogen) atoms. The van der Waals surface area contributed by atoms with Gasteiger partial charge in [-0.2, -0.15) is 0 Å². The highest BCUT2D eigenvalue weighted by Crippen LogP contribution is 2.28. The molecule has 0 radical (unpaired) electrons. The SMILES string of the molecule is CC(C)C1CCN(C2CNCCC2C)C1. The van der Waals surface area contributed by atoms with E-state index >= 15 is 0 Å². The van der Waals surface area contributed by atoms with Crippen molar-refractivity contribution in [3.05, 3.63) is 0 Å². The maximum absolute atomic E-state index is 3.54. The van der Waals surface area contributed by atoms with Crippen molar-refractivity contribution in [1.82, 2.24) is 10.2 Å². The number of rotatable bonds is 2. The summed E-state index contributed by atoms with van der Waals surface area (Å²) in [6, 6.07) is 0.808. The van der Waals surface area contributed by atoms with Crippen LogP contribution < -0.4 is 5.32 Å². The second-order valence-electron chi connectivity index (χ2n) is 5.83. The van der Waals surface area contributed by atoms with Crippen LogP contribution in [0.25, 0.3) is 0 Å². The fraction of sp³-hybridized carbons (Fsp3) is 1.00. The van der Waals surface area contributed by atoms with Crippen molar-refractivity contribution in [3.8, 4) is 0 Å². The van der Waals surface area contributed by atoms with Crippen LogP contribution in [0.4, 0.5) is 0 Å². The molecule has 0 aliphatic carbocycles. The Bertz CT molecular complexity index is 203. The van der Waals surface area contributed by atoms with E-state index in [4.69, 9.17) is 0 Å². The summed E-state index contributed by atoms with van der Waals surface area (Å²) in [7, 11) is 0. The second-order valence-corrected chi connectivity index (χ2v) is 5.83. The van der Waals surface area contributed by atoms with Gasteiger partial charge in [0.15, 0.2) is 0 Å². The number of hydrogen-bond acceptors (Lipinski definition) is 2. The van der Waals surface area contributed by atoms with Gasteiger partial charge in [0.05, 0.1) is 0 Å². The van der Waals surface area contributed by atoms with Crippen LogP contribution in [0.5, 0.6) is 0 Å². The predicted octanol–water partition coefficient (Wildman–Crippen LogP) is 1.96. The van der Waals surface area contributed by atoms with Gasteiger partial charge in [-0.3, -0.25) is 4.90 Å². The third-order valence-electron chi connectivity index (χ3n) is 4.45. The van der Waals surface area contributed by atoms with Crippen LogP contribution in [0, 0.1) is 17.8 Å². The van der Waals surface area contributed by atoms with E-state index in [0.29, 0.717) is 0 Å². The van der Waals surface area contributed by atoms with Crippen molar-refractivity contribution in [2.24, 2.45) is 17.8 Å². The third kappa shape index (κ3) is 2.54. The van der Waals surface area contributed by atoms with Crippen molar-refractivity contribution in [3.63, 3.8) is 0 Å². The zero-order valence-corrected chi connectivity index (χ0v) is 10.5. The molecular formula is C13H26N2. The molecule has 2 nitrogen and oxygen atoms in total. The molecular weight excluding hydrogens is 184 g/mol. The molecule has 2 aliphatic heterocycles. The van der Waals surface area contributed by atoms with Crippen LogP contribution >= 0.6 is 0 Å². The van der Waals surface area contributed by atoms with Crippen LogP contribution in [0.2, 0.25) is 0 Å². The molecule has 0 aromatic heterocycles. The Balaban J connectivity index is 1.89. The molecule has 88 valence electrons. The first-order chi connectivity index (χ1) is 7.18. The molecule has 0 amide bonds. The van der Waals surface area contributed by atoms with Crippen molar-refractivity contribution in [2.45, 2.75) is 39.7 Å². The summed E-state index contributed by atoms with van der Waals surface area (Å²) in [4.78, 5) is 2.74. The van der Waals surface area contributed by atoms with Gasteiger partial charge < -0.3 is 5.32 Å². The van der Waals surface area contributed by atoms with E-state index in [9.17, 15) is 0 Å². The maximum Gasteiger partial charge on any atom is 0.0246 e. The van der Waals surface area contributed by atoms with Gasteiger partial charge in [0.1, 0.15) is 0 Å². The number of nitrogens with zero attached hydrogens (tertiary/aromatic N) is 1. The summed E-state index contributed by atoms with van der Waals surface area (Å²) < 4.78 is 0. The average Bonchev–Trinajstić information content (AvgIpc) is 2.67. The van der Waals surface area contributed by atoms with Crippen LogP contribution in [0.3, 0.4) is 0 Å². The zero-order chi connectivity index (χ0) is 10.8. The first-order valence-electron chi connectivity index (χ1n) is 6.63. The normalized spacial score (nSPS) is 38.8. The highest BCUT2D eigenvalue weighted by molar-refractivity contribution is 4.88. The molecule has 2 saturated heterocycles. The summed E-state index contributed by atoms with van der Waals surface area (Å²) in [5.41, 5.74) is 0. The summed E-state index contributed by atoms with van der Waals surface area (Å²) in [6.07, 6.45) is 2.77. The molecule has 0 aromatic rings. The van der Waals surface area contributed by atoms with E-state index in [1.165, 1.54) is 39.0 Å². The van der Waals surface area contributed by atoms with Crippen LogP contribution in [0.1, 0.15) is 33.6 Å². The van der Waals surface area contributed by atoms with Crippen molar-refractivity contribution < 1.29 is 0 Å². The van der Waals surface area contributed by atoms with Gasteiger partial charge in [0.2, 0.25) is 0 Å². The van der Waals surface area contributed by atoms with E-state index in [-0.39, 0.29) is 0 Å². The van der Waals surface area contributed by atoms with Crippen LogP contribution in [-0.4, -0.2) is 37.1 Å². The van der Waals surface area contributed by atoms with Gasteiger partial charge >= 0.3 is 0 Å². The largest absolute Gasteiger partial charge is 0.315 e. The van der Waals surface area contributed by atoms with Crippen molar-refractivity contribution in [2.75, 3.05) is 26.2 Å². The molecule has 1 N–H and O–H groups in total. The van der Waals surface area contributed by atoms with Crippen molar-refractivity contribution >= 4 is 0 Å². The molecule has 2 fully saturated rings. The second kappa shape index (κ2) is 4.84. The van der Waals surface area contributed by atoms with Gasteiger partial charge in [-0.1, -0.05) is 20.8 Å². The summed E-state index contributed by atoms with van der Waals surface area (Å²) >= 11 is 0. The quantitative estimate of drug-likeness (QED) is 0.749. The van der Waals surface area contributed by atoms with Gasteiger partial charge in [0, 0.05) is 19.1 Å². The minimum atomic E-state index is 0.808. The molecule has 0 saturated carbocycles. The lowest BCUT2D eigenvalue weighted by Crippen LogP contribution is -2.49. The molecule has 0 spiro atoms. The monoisotopic (exact) mass is 210 g/mol. The lowest BCUT2D eigenvalue weighted by Gasteiger charge is -2.36. The first kappa shape index (κ1) is 11.4. The van der Waals surface area contributed by atoms with Gasteiger partial charge in [0.25, 0.3) is 0 Å². The Morgan fingerprint density at radius 3 is 2.67 bits per heavy atom. The predicted molar refractivity (Wildman–Crippen MR) is 65.0 cm³/mol. The van der Waals surface area contributed by atoms with E-state index < -0.39 is 0 Å². The average molecular weight is 210 g/mol. The third-order valence-corrected chi connectivity index (χ3v) is 4.45. The van der Waals surface area contributed by atoms with E-state index in [1.54, 1.807) is 0 Å². The molecule has 2 heterocycles. The maximum atomic E-state index is 3.54. The zero-order valence-electron chi connectivity index (χ0n) is 10.5. The Morgan fingerprint density at radius 1 is 1.27 bits per heavy atom. The molecule has 0 bridgehead atoms. The first-order valence-corrected chi connectivity index (χ1v) is 6.63. The highest BCUT2D eigenvalue weighted by Gasteiger charge is 2.33. The molecule has 2 rings (SSSR count). The Kier molecular flexibility index (Phi) is 3.68. The fourth-order valence-corrected chi connectivity index (χ4v) is 3.12. The smallest absolute Gasteiger partial charge is 0.0246 e. The van der Waals surface area contributed by atoms with E-state index in [2.05, 4.69) is 31.0 Å². The lowest BCUT2D eigenvalue weighted by atomic mass is 9.93. The highest BCUT2D eigenvalue weighted by atomic mass is 15.2. The van der Waals surface area contributed by atoms with E-state index in [1.807, 2.05) is 0 Å². The Morgan fingerprint density at radius 2 is 2.07 bits per heavy atom. The molecule has 2 aliphatic rings. The summed E-state index contributed by atoms with van der Waals surface area (Å²) in [5, 5.41) is 3.54. The Hall–Kier alpha value is -0.0800. The molecule has 3 atom stereocenters. The number of likely N-dealkylation sites (tertiary alicyclic amines) is 1. The van der Waals surface area contributed by atoms with Gasteiger partial charge in [-0.15, -0.1) is 0 Å². The molecule has 0 aromatic carbocycles. The van der Waals surface area contributed by atoms with Crippen molar-refractivity contribution in [1.29, 1.82) is 0 Å². The van der Waals surface area contributed by atoms with Gasteiger partial charge in [-0.25, -0.2) is 0 Å². The summed E-state index contributed by atoms with van der Waals surface area (Å²) in [6.45, 7) is 12.3. The number of nitrogens with one attached hydrogen (secondary N) is 1. The topological polar surface area (TPSA) is 15.3 Å². The minimum absolute atomic E-state index is 0.808. The van der Waals surface area contributed by atoms with Crippen LogP contribution in [0.15, 0.2) is 0 Å². The molecule has 3 unspecified atom stereocenters. The minimum Gasteiger partial charge on any atom is -0.315 e. The number of hydrogen-bond donors (Lipinski definition) is 1. The standard InChI is InChI=1S/C13H26N2/c1-10(2)12-5-7-15(9-12)13-8-14-6-4-11(13)3/h10-14H,4-9H2,1-3H3. The van der Waals surface area contributed by atoms with Crippen LogP contribution in [-0.2, 0) is 0 Å². The summed E-state index contributed by atoms with van der Waals surface area (Å²) in [5.74, 6) is 2.69. The number of piperidine rings is 1.